The van der Waals surface area contributed by atoms with Gasteiger partial charge in [-0.3, -0.25) is 9.47 Å². The lowest BCUT2D eigenvalue weighted by Crippen LogP contribution is -2.33. The summed E-state index contributed by atoms with van der Waals surface area (Å²) in [6, 6.07) is 7.76. The van der Waals surface area contributed by atoms with Crippen molar-refractivity contribution < 1.29 is 0 Å². The topological polar surface area (TPSA) is 34.0 Å². The van der Waals surface area contributed by atoms with E-state index in [0.717, 1.165) is 17.7 Å². The Morgan fingerprint density at radius 3 is 2.71 bits per heavy atom. The predicted octanol–water partition coefficient (Wildman–Crippen LogP) is 4.47. The van der Waals surface area contributed by atoms with Crippen LogP contribution in [0.2, 0.25) is 0 Å². The highest BCUT2D eigenvalue weighted by Crippen LogP contribution is 2.37. The van der Waals surface area contributed by atoms with Crippen LogP contribution in [0.1, 0.15) is 75.9 Å². The molecule has 0 N–H and O–H groups in total. The van der Waals surface area contributed by atoms with Gasteiger partial charge in [0.15, 0.2) is 0 Å². The number of pyridine rings is 1. The number of nitrogens with zero attached hydrogens (tertiary/aromatic N) is 4. The van der Waals surface area contributed by atoms with Crippen molar-refractivity contribution in [2.45, 2.75) is 70.4 Å². The predicted molar refractivity (Wildman–Crippen MR) is 96.4 cm³/mol. The van der Waals surface area contributed by atoms with Crippen LogP contribution < -0.4 is 0 Å². The van der Waals surface area contributed by atoms with E-state index >= 15 is 0 Å². The van der Waals surface area contributed by atoms with Crippen molar-refractivity contribution in [2.75, 3.05) is 6.54 Å². The highest BCUT2D eigenvalue weighted by Gasteiger charge is 2.33. The van der Waals surface area contributed by atoms with Gasteiger partial charge in [0.1, 0.15) is 11.6 Å². The normalized spacial score (nSPS) is 22.7. The molecule has 1 atom stereocenters. The van der Waals surface area contributed by atoms with E-state index in [4.69, 9.17) is 4.98 Å². The van der Waals surface area contributed by atoms with Crippen molar-refractivity contribution in [3.63, 3.8) is 0 Å². The second-order valence-electron chi connectivity index (χ2n) is 7.56. The largest absolute Gasteiger partial charge is 0.292 e. The molecule has 0 amide bonds. The Morgan fingerprint density at radius 2 is 1.92 bits per heavy atom. The number of aromatic nitrogens is 3. The van der Waals surface area contributed by atoms with Crippen molar-refractivity contribution in [2.24, 2.45) is 0 Å². The van der Waals surface area contributed by atoms with E-state index in [0.29, 0.717) is 12.0 Å². The molecule has 4 rings (SSSR count). The number of hydrogen-bond acceptors (Lipinski definition) is 3. The first-order chi connectivity index (χ1) is 11.7. The van der Waals surface area contributed by atoms with Crippen molar-refractivity contribution in [3.8, 4) is 5.82 Å². The summed E-state index contributed by atoms with van der Waals surface area (Å²) in [6.45, 7) is 5.60. The molecule has 1 unspecified atom stereocenters. The van der Waals surface area contributed by atoms with Crippen LogP contribution in [0.5, 0.6) is 0 Å². The molecular formula is C20H28N4. The minimum atomic E-state index is 0.395. The summed E-state index contributed by atoms with van der Waals surface area (Å²) < 4.78 is 2.14. The van der Waals surface area contributed by atoms with E-state index in [1.165, 1.54) is 50.8 Å². The lowest BCUT2D eigenvalue weighted by molar-refractivity contribution is 0.180. The van der Waals surface area contributed by atoms with Crippen LogP contribution in [0.3, 0.4) is 0 Å². The molecule has 4 nitrogen and oxygen atoms in total. The highest BCUT2D eigenvalue weighted by molar-refractivity contribution is 5.29. The Kier molecular flexibility index (Phi) is 4.40. The van der Waals surface area contributed by atoms with Crippen LogP contribution in [0.25, 0.3) is 5.82 Å². The zero-order valence-electron chi connectivity index (χ0n) is 14.9. The first-order valence-corrected chi connectivity index (χ1v) is 9.50. The van der Waals surface area contributed by atoms with Crippen LogP contribution in [0, 0.1) is 0 Å². The van der Waals surface area contributed by atoms with Crippen LogP contribution in [-0.4, -0.2) is 32.0 Å². The van der Waals surface area contributed by atoms with E-state index < -0.39 is 0 Å². The molecule has 4 heteroatoms. The molecule has 2 aromatic rings. The minimum absolute atomic E-state index is 0.395. The third-order valence-corrected chi connectivity index (χ3v) is 5.62. The van der Waals surface area contributed by atoms with Gasteiger partial charge in [-0.05, 0) is 44.4 Å². The molecule has 1 aliphatic heterocycles. The monoisotopic (exact) mass is 324 g/mol. The van der Waals surface area contributed by atoms with Crippen molar-refractivity contribution in [3.05, 3.63) is 42.1 Å². The molecule has 3 heterocycles. The standard InChI is InChI=1S/C20H28N4/c1-15(2)20-21-12-14-24(20)19-11-5-9-17(22-19)18-10-6-13-23(18)16-7-3-4-8-16/h5,9,11-12,14-16,18H,3-4,6-8,10,13H2,1-2H3. The first kappa shape index (κ1) is 15.8. The molecule has 2 aromatic heterocycles. The van der Waals surface area contributed by atoms with Crippen molar-refractivity contribution >= 4 is 0 Å². The van der Waals surface area contributed by atoms with E-state index in [9.17, 15) is 0 Å². The van der Waals surface area contributed by atoms with Crippen LogP contribution >= 0.6 is 0 Å². The summed E-state index contributed by atoms with van der Waals surface area (Å²) in [5.41, 5.74) is 1.24. The van der Waals surface area contributed by atoms with Gasteiger partial charge in [-0.1, -0.05) is 32.8 Å². The van der Waals surface area contributed by atoms with Gasteiger partial charge in [0.2, 0.25) is 0 Å². The quantitative estimate of drug-likeness (QED) is 0.832. The average Bonchev–Trinajstić information content (AvgIpc) is 3.34. The summed E-state index contributed by atoms with van der Waals surface area (Å²) in [6.07, 6.45) is 12.0. The minimum Gasteiger partial charge on any atom is -0.292 e. The molecule has 0 spiro atoms. The second kappa shape index (κ2) is 6.67. The Morgan fingerprint density at radius 1 is 1.08 bits per heavy atom. The van der Waals surface area contributed by atoms with Crippen molar-refractivity contribution in [1.82, 2.24) is 19.4 Å². The molecule has 2 fully saturated rings. The van der Waals surface area contributed by atoms with Gasteiger partial charge in [0.25, 0.3) is 0 Å². The van der Waals surface area contributed by atoms with E-state index in [1.54, 1.807) is 0 Å². The van der Waals surface area contributed by atoms with Crippen molar-refractivity contribution in [1.29, 1.82) is 0 Å². The van der Waals surface area contributed by atoms with Gasteiger partial charge in [0, 0.05) is 24.4 Å². The number of hydrogen-bond donors (Lipinski definition) is 0. The van der Waals surface area contributed by atoms with Gasteiger partial charge in [-0.2, -0.15) is 0 Å². The van der Waals surface area contributed by atoms with E-state index in [-0.39, 0.29) is 0 Å². The molecular weight excluding hydrogens is 296 g/mol. The fraction of sp³-hybridized carbons (Fsp3) is 0.600. The lowest BCUT2D eigenvalue weighted by Gasteiger charge is -2.30. The maximum atomic E-state index is 5.04. The maximum absolute atomic E-state index is 5.04. The summed E-state index contributed by atoms with van der Waals surface area (Å²) in [7, 11) is 0. The van der Waals surface area contributed by atoms with E-state index in [1.807, 2.05) is 12.4 Å². The van der Waals surface area contributed by atoms with Gasteiger partial charge >= 0.3 is 0 Å². The smallest absolute Gasteiger partial charge is 0.138 e. The maximum Gasteiger partial charge on any atom is 0.138 e. The number of imidazole rings is 1. The number of likely N-dealkylation sites (tertiary alicyclic amines) is 1. The van der Waals surface area contributed by atoms with Crippen LogP contribution in [0.15, 0.2) is 30.6 Å². The molecule has 24 heavy (non-hydrogen) atoms. The molecule has 1 saturated heterocycles. The molecule has 2 aliphatic rings. The molecule has 0 bridgehead atoms. The van der Waals surface area contributed by atoms with Gasteiger partial charge in [0.05, 0.1) is 11.7 Å². The summed E-state index contributed by atoms with van der Waals surface area (Å²) >= 11 is 0. The Hall–Kier alpha value is -1.68. The zero-order valence-corrected chi connectivity index (χ0v) is 14.9. The Bertz CT molecular complexity index is 684. The Balaban J connectivity index is 1.63. The van der Waals surface area contributed by atoms with E-state index in [2.05, 4.69) is 46.5 Å². The first-order valence-electron chi connectivity index (χ1n) is 9.50. The average molecular weight is 324 g/mol. The fourth-order valence-electron chi connectivity index (χ4n) is 4.47. The lowest BCUT2D eigenvalue weighted by atomic mass is 10.1. The summed E-state index contributed by atoms with van der Waals surface area (Å²) in [5.74, 6) is 2.48. The zero-order chi connectivity index (χ0) is 16.5. The molecule has 0 radical (unpaired) electrons. The third kappa shape index (κ3) is 2.88. The van der Waals surface area contributed by atoms with Gasteiger partial charge in [-0.25, -0.2) is 9.97 Å². The van der Waals surface area contributed by atoms with Crippen LogP contribution in [-0.2, 0) is 0 Å². The molecule has 1 aliphatic carbocycles. The van der Waals surface area contributed by atoms with Gasteiger partial charge < -0.3 is 0 Å². The van der Waals surface area contributed by atoms with Gasteiger partial charge in [-0.15, -0.1) is 0 Å². The Labute approximate surface area is 144 Å². The molecule has 1 saturated carbocycles. The molecule has 128 valence electrons. The third-order valence-electron chi connectivity index (χ3n) is 5.62. The fourth-order valence-corrected chi connectivity index (χ4v) is 4.47. The summed E-state index contributed by atoms with van der Waals surface area (Å²) in [4.78, 5) is 12.3. The molecule has 0 aromatic carbocycles. The second-order valence-corrected chi connectivity index (χ2v) is 7.56. The SMILES string of the molecule is CC(C)c1nccn1-c1cccc(C2CCCN2C2CCCC2)n1. The van der Waals surface area contributed by atoms with Crippen LogP contribution in [0.4, 0.5) is 0 Å². The number of rotatable bonds is 4. The highest BCUT2D eigenvalue weighted by atomic mass is 15.2. The summed E-state index contributed by atoms with van der Waals surface area (Å²) in [5, 5.41) is 0.